The van der Waals surface area contributed by atoms with Crippen molar-refractivity contribution in [2.75, 3.05) is 33.4 Å². The quantitative estimate of drug-likeness (QED) is 0.225. The maximum atomic E-state index is 14.0. The third-order valence-corrected chi connectivity index (χ3v) is 9.64. The minimum Gasteiger partial charge on any atom is -0.465 e. The lowest BCUT2D eigenvalue weighted by molar-refractivity contribution is -0.156. The highest BCUT2D eigenvalue weighted by molar-refractivity contribution is 6.30. The fourth-order valence-corrected chi connectivity index (χ4v) is 6.91. The summed E-state index contributed by atoms with van der Waals surface area (Å²) in [5, 5.41) is 15.2. The molecule has 3 aromatic carbocycles. The first kappa shape index (κ1) is 36.5. The third-order valence-electron chi connectivity index (χ3n) is 9.39. The number of ether oxygens (including phenoxy) is 2. The summed E-state index contributed by atoms with van der Waals surface area (Å²) < 4.78 is 36.4. The molecule has 3 aromatic rings. The smallest absolute Gasteiger partial charge is 0.407 e. The number of alkyl halides is 2. The number of carboxylic acid groups (broad SMARTS) is 1. The molecule has 266 valence electrons. The van der Waals surface area contributed by atoms with Gasteiger partial charge in [0.1, 0.15) is 18.7 Å². The number of benzene rings is 3. The van der Waals surface area contributed by atoms with Gasteiger partial charge in [-0.05, 0) is 66.1 Å². The lowest BCUT2D eigenvalue weighted by Gasteiger charge is -2.48. The van der Waals surface area contributed by atoms with Crippen LogP contribution in [0.4, 0.5) is 18.4 Å². The number of likely N-dealkylation sites (tertiary alicyclic amines) is 1. The van der Waals surface area contributed by atoms with E-state index in [1.54, 1.807) is 24.3 Å². The van der Waals surface area contributed by atoms with E-state index in [9.17, 15) is 33.1 Å². The number of alkyl carbamates (subject to hydrolysis) is 1. The number of hydrogen-bond donors (Lipinski definition) is 3. The zero-order chi connectivity index (χ0) is 36.0. The average molecular weight is 713 g/mol. The van der Waals surface area contributed by atoms with Crippen molar-refractivity contribution in [2.24, 2.45) is 0 Å². The summed E-state index contributed by atoms with van der Waals surface area (Å²) in [6.07, 6.45) is -0.978. The normalized spacial score (nSPS) is 18.1. The molecule has 1 aliphatic carbocycles. The van der Waals surface area contributed by atoms with Gasteiger partial charge in [0.05, 0.1) is 12.1 Å². The van der Waals surface area contributed by atoms with Crippen LogP contribution < -0.4 is 10.6 Å². The summed E-state index contributed by atoms with van der Waals surface area (Å²) >= 11 is 6.06. The number of fused-ring (bicyclic) bond motifs is 3. The lowest BCUT2D eigenvalue weighted by atomic mass is 9.81. The van der Waals surface area contributed by atoms with Gasteiger partial charge in [-0.3, -0.25) is 9.59 Å². The summed E-state index contributed by atoms with van der Waals surface area (Å²) in [6.45, 7) is -2.53. The molecule has 11 nitrogen and oxygen atoms in total. The fraction of sp³-hybridized carbons (Fsp3) is 0.389. The Balaban J connectivity index is 1.26. The molecule has 2 aliphatic rings. The fourth-order valence-electron chi connectivity index (χ4n) is 6.78. The largest absolute Gasteiger partial charge is 0.465 e. The first-order chi connectivity index (χ1) is 23.9. The third kappa shape index (κ3) is 8.33. The number of piperidine rings is 1. The van der Waals surface area contributed by atoms with E-state index in [2.05, 4.69) is 15.4 Å². The molecule has 1 heterocycles. The number of halogens is 3. The molecule has 4 amide bonds. The van der Waals surface area contributed by atoms with E-state index in [0.717, 1.165) is 27.8 Å². The van der Waals surface area contributed by atoms with Crippen LogP contribution in [0.5, 0.6) is 0 Å². The van der Waals surface area contributed by atoms with Gasteiger partial charge in [-0.25, -0.2) is 9.59 Å². The van der Waals surface area contributed by atoms with E-state index >= 15 is 0 Å². The molecule has 0 spiro atoms. The van der Waals surface area contributed by atoms with Crippen molar-refractivity contribution in [3.05, 3.63) is 94.5 Å². The number of carbonyl (C=O) groups is 4. The zero-order valence-electron chi connectivity index (χ0n) is 27.6. The van der Waals surface area contributed by atoms with Crippen LogP contribution in [0.3, 0.4) is 0 Å². The number of carbonyl (C=O) groups excluding carboxylic acids is 3. The van der Waals surface area contributed by atoms with Gasteiger partial charge in [0.2, 0.25) is 11.8 Å². The van der Waals surface area contributed by atoms with Gasteiger partial charge in [-0.1, -0.05) is 72.3 Å². The van der Waals surface area contributed by atoms with Gasteiger partial charge < -0.3 is 35.0 Å². The standard InChI is InChI=1S/C36H39ClF2N4O7/c1-22(40-34(46)50-19-29-27-10-5-3-8-25(27)26-9-4-6-11-28(26)29)31(44)41-30(20-49-33(38)39)32(45)42(2)36(16-7-17-43(21-36)35(47)48)18-23-12-14-24(37)15-13-23/h3-6,8-15,22,29-30,33H,7,16-21H2,1-2H3,(H,40,46)(H,41,44)(H,47,48)/t22?,30?,36-/m1/s1. The molecule has 0 aromatic heterocycles. The Morgan fingerprint density at radius 1 is 1.00 bits per heavy atom. The van der Waals surface area contributed by atoms with Crippen LogP contribution in [0.1, 0.15) is 42.4 Å². The topological polar surface area (TPSA) is 138 Å². The van der Waals surface area contributed by atoms with E-state index in [0.29, 0.717) is 17.9 Å². The molecule has 2 unspecified atom stereocenters. The maximum Gasteiger partial charge on any atom is 0.407 e. The molecule has 3 N–H and O–H groups in total. The van der Waals surface area contributed by atoms with Gasteiger partial charge in [0.25, 0.3) is 0 Å². The number of hydrogen-bond acceptors (Lipinski definition) is 6. The summed E-state index contributed by atoms with van der Waals surface area (Å²) in [5.41, 5.74) is 3.81. The number of likely N-dealkylation sites (N-methyl/N-ethyl adjacent to an activating group) is 1. The second kappa shape index (κ2) is 15.9. The van der Waals surface area contributed by atoms with Gasteiger partial charge in [-0.2, -0.15) is 8.78 Å². The van der Waals surface area contributed by atoms with Crippen molar-refractivity contribution in [2.45, 2.75) is 56.3 Å². The first-order valence-corrected chi connectivity index (χ1v) is 16.6. The van der Waals surface area contributed by atoms with Gasteiger partial charge in [0.15, 0.2) is 0 Å². The molecule has 1 fully saturated rings. The van der Waals surface area contributed by atoms with Crippen molar-refractivity contribution in [1.82, 2.24) is 20.4 Å². The van der Waals surface area contributed by atoms with E-state index in [4.69, 9.17) is 16.3 Å². The van der Waals surface area contributed by atoms with Crippen molar-refractivity contribution in [3.63, 3.8) is 0 Å². The van der Waals surface area contributed by atoms with Crippen LogP contribution in [0.15, 0.2) is 72.8 Å². The summed E-state index contributed by atoms with van der Waals surface area (Å²) in [6, 6.07) is 19.7. The molecule has 0 saturated carbocycles. The van der Waals surface area contributed by atoms with Crippen molar-refractivity contribution < 1.29 is 42.5 Å². The first-order valence-electron chi connectivity index (χ1n) is 16.2. The highest BCUT2D eigenvalue weighted by Crippen LogP contribution is 2.44. The molecule has 0 bridgehead atoms. The van der Waals surface area contributed by atoms with Crippen molar-refractivity contribution >= 4 is 35.6 Å². The Kier molecular flexibility index (Phi) is 11.6. The minimum atomic E-state index is -3.23. The molecular formula is C36H39ClF2N4O7. The average Bonchev–Trinajstić information content (AvgIpc) is 3.42. The van der Waals surface area contributed by atoms with Crippen LogP contribution in [-0.2, 0) is 25.5 Å². The van der Waals surface area contributed by atoms with E-state index in [1.165, 1.54) is 23.8 Å². The molecule has 0 radical (unpaired) electrons. The van der Waals surface area contributed by atoms with E-state index in [1.807, 2.05) is 48.5 Å². The second-order valence-electron chi connectivity index (χ2n) is 12.6. The molecule has 1 aliphatic heterocycles. The minimum absolute atomic E-state index is 0.00535. The van der Waals surface area contributed by atoms with Gasteiger partial charge in [-0.15, -0.1) is 0 Å². The summed E-state index contributed by atoms with van der Waals surface area (Å²) in [7, 11) is 1.45. The Morgan fingerprint density at radius 2 is 1.62 bits per heavy atom. The van der Waals surface area contributed by atoms with Gasteiger partial charge >= 0.3 is 18.8 Å². The number of amides is 4. The Labute approximate surface area is 293 Å². The van der Waals surface area contributed by atoms with Crippen molar-refractivity contribution in [3.8, 4) is 11.1 Å². The number of nitrogens with one attached hydrogen (secondary N) is 2. The SMILES string of the molecule is CC(NC(=O)OCC1c2ccccc2-c2ccccc21)C(=O)NC(COC(F)F)C(=O)N(C)[C@@]1(Cc2ccc(Cl)cc2)CCCN(C(=O)O)C1. The van der Waals surface area contributed by atoms with Crippen LogP contribution in [0.2, 0.25) is 5.02 Å². The number of rotatable bonds is 12. The van der Waals surface area contributed by atoms with Crippen molar-refractivity contribution in [1.29, 1.82) is 0 Å². The van der Waals surface area contributed by atoms with E-state index < -0.39 is 54.8 Å². The second-order valence-corrected chi connectivity index (χ2v) is 13.0. The van der Waals surface area contributed by atoms with E-state index in [-0.39, 0.29) is 32.0 Å². The molecule has 1 saturated heterocycles. The lowest BCUT2D eigenvalue weighted by Crippen LogP contribution is -2.65. The summed E-state index contributed by atoms with van der Waals surface area (Å²) in [5.74, 6) is -1.82. The molecule has 50 heavy (non-hydrogen) atoms. The maximum absolute atomic E-state index is 14.0. The highest BCUT2D eigenvalue weighted by atomic mass is 35.5. The summed E-state index contributed by atoms with van der Waals surface area (Å²) in [4.78, 5) is 54.6. The predicted octanol–water partition coefficient (Wildman–Crippen LogP) is 5.50. The molecular weight excluding hydrogens is 674 g/mol. The Morgan fingerprint density at radius 3 is 2.22 bits per heavy atom. The predicted molar refractivity (Wildman–Crippen MR) is 181 cm³/mol. The van der Waals surface area contributed by atoms with Crippen LogP contribution in [0.25, 0.3) is 11.1 Å². The monoisotopic (exact) mass is 712 g/mol. The van der Waals surface area contributed by atoms with Gasteiger partial charge in [0, 0.05) is 31.1 Å². The Hall–Kier alpha value is -4.75. The van der Waals surface area contributed by atoms with Crippen LogP contribution >= 0.6 is 11.6 Å². The highest BCUT2D eigenvalue weighted by Gasteiger charge is 2.45. The molecule has 3 atom stereocenters. The Bertz CT molecular complexity index is 1670. The molecule has 5 rings (SSSR count). The van der Waals surface area contributed by atoms with Crippen LogP contribution in [0, 0.1) is 0 Å². The molecule has 14 heteroatoms. The van der Waals surface area contributed by atoms with Crippen LogP contribution in [-0.4, -0.2) is 96.5 Å². The number of nitrogens with zero attached hydrogens (tertiary/aromatic N) is 2. The zero-order valence-corrected chi connectivity index (χ0v) is 28.4.